The number of aliphatic hydroxyl groups is 6. The van der Waals surface area contributed by atoms with Crippen LogP contribution in [0.25, 0.3) is 22.3 Å². The zero-order valence-electron chi connectivity index (χ0n) is 23.8. The van der Waals surface area contributed by atoms with E-state index in [4.69, 9.17) is 32.8 Å². The Labute approximate surface area is 249 Å². The Morgan fingerprint density at radius 3 is 2.11 bits per heavy atom. The van der Waals surface area contributed by atoms with Crippen LogP contribution in [-0.2, 0) is 14.2 Å². The van der Waals surface area contributed by atoms with Gasteiger partial charge in [0.15, 0.2) is 23.2 Å². The van der Waals surface area contributed by atoms with Gasteiger partial charge in [0, 0.05) is 17.7 Å². The van der Waals surface area contributed by atoms with Crippen LogP contribution >= 0.6 is 0 Å². The second-order valence-corrected chi connectivity index (χ2v) is 10.5. The van der Waals surface area contributed by atoms with Crippen molar-refractivity contribution in [2.75, 3.05) is 20.8 Å². The van der Waals surface area contributed by atoms with Crippen LogP contribution in [0.4, 0.5) is 0 Å². The van der Waals surface area contributed by atoms with Gasteiger partial charge in [0.2, 0.25) is 12.0 Å². The fraction of sp³-hybridized carbons (Fsp3) is 0.483. The number of benzene rings is 2. The molecule has 1 aromatic heterocycles. The molecule has 0 bridgehead atoms. The van der Waals surface area contributed by atoms with Crippen molar-refractivity contribution >= 4 is 11.0 Å². The molecule has 2 aliphatic heterocycles. The summed E-state index contributed by atoms with van der Waals surface area (Å²) in [6.45, 7) is 0.947. The lowest BCUT2D eigenvalue weighted by molar-refractivity contribution is -0.318. The maximum absolute atomic E-state index is 13.0. The lowest BCUT2D eigenvalue weighted by atomic mass is 9.98. The van der Waals surface area contributed by atoms with E-state index in [2.05, 4.69) is 0 Å². The topological polar surface area (TPSA) is 227 Å². The lowest BCUT2D eigenvalue weighted by Gasteiger charge is -2.42. The third-order valence-electron chi connectivity index (χ3n) is 7.64. The van der Waals surface area contributed by atoms with Crippen LogP contribution in [0, 0.1) is 0 Å². The minimum absolute atomic E-state index is 0.0966. The number of fused-ring (bicyclic) bond motifs is 1. The van der Waals surface area contributed by atoms with Gasteiger partial charge in [-0.3, -0.25) is 4.79 Å². The molecule has 0 aliphatic carbocycles. The summed E-state index contributed by atoms with van der Waals surface area (Å²) >= 11 is 0. The molecular formula is C29H34O15. The summed E-state index contributed by atoms with van der Waals surface area (Å²) < 4.78 is 38.7. The minimum Gasteiger partial charge on any atom is -0.504 e. The monoisotopic (exact) mass is 622 g/mol. The van der Waals surface area contributed by atoms with Gasteiger partial charge in [-0.1, -0.05) is 0 Å². The van der Waals surface area contributed by atoms with Crippen LogP contribution in [0.3, 0.4) is 0 Å². The number of aromatic hydroxyl groups is 1. The van der Waals surface area contributed by atoms with E-state index < -0.39 is 79.2 Å². The maximum Gasteiger partial charge on any atom is 0.229 e. The number of rotatable bonds is 8. The second-order valence-electron chi connectivity index (χ2n) is 10.5. The molecule has 0 radical (unpaired) electrons. The summed E-state index contributed by atoms with van der Waals surface area (Å²) in [6.07, 6.45) is -15.2. The van der Waals surface area contributed by atoms with Crippen molar-refractivity contribution in [1.29, 1.82) is 0 Å². The van der Waals surface area contributed by atoms with Gasteiger partial charge in [0.05, 0.1) is 26.9 Å². The third kappa shape index (κ3) is 5.93. The van der Waals surface area contributed by atoms with Gasteiger partial charge < -0.3 is 68.6 Å². The number of ether oxygens (including phenoxy) is 6. The number of phenols is 1. The molecule has 15 heteroatoms. The Kier molecular flexibility index (Phi) is 9.31. The van der Waals surface area contributed by atoms with E-state index in [1.807, 2.05) is 0 Å². The molecule has 2 aliphatic rings. The summed E-state index contributed by atoms with van der Waals surface area (Å²) in [6, 6.07) is 9.13. The molecular weight excluding hydrogens is 588 g/mol. The highest BCUT2D eigenvalue weighted by Crippen LogP contribution is 2.43. The highest BCUT2D eigenvalue weighted by molar-refractivity contribution is 5.89. The quantitative estimate of drug-likeness (QED) is 0.163. The summed E-state index contributed by atoms with van der Waals surface area (Å²) in [7, 11) is 2.72. The largest absolute Gasteiger partial charge is 0.504 e. The first-order valence-corrected chi connectivity index (χ1v) is 13.6. The number of hydrogen-bond donors (Lipinski definition) is 7. The average Bonchev–Trinajstić information content (AvgIpc) is 3.01. The van der Waals surface area contributed by atoms with Gasteiger partial charge in [0.1, 0.15) is 65.2 Å². The SMILES string of the molecule is COc1ccc(-c2cc(=O)c3c(O)c(OC)c(OC4O[C@H](CO[C@H]5O[C@@H](C)[C@H](O)C(O)[C@H]5O)[C@@H](O)[C@H](O)[C@H]4O)cc3o2)cc1. The van der Waals surface area contributed by atoms with Gasteiger partial charge in [-0.05, 0) is 31.2 Å². The van der Waals surface area contributed by atoms with Crippen molar-refractivity contribution in [2.45, 2.75) is 68.3 Å². The molecule has 0 amide bonds. The van der Waals surface area contributed by atoms with E-state index in [1.165, 1.54) is 33.3 Å². The van der Waals surface area contributed by atoms with Gasteiger partial charge in [-0.15, -0.1) is 0 Å². The van der Waals surface area contributed by atoms with Gasteiger partial charge >= 0.3 is 0 Å². The highest BCUT2D eigenvalue weighted by atomic mass is 16.7. The molecule has 2 aromatic carbocycles. The molecule has 2 fully saturated rings. The number of aliphatic hydroxyl groups excluding tert-OH is 6. The summed E-state index contributed by atoms with van der Waals surface area (Å²) in [5.74, 6) is -0.391. The van der Waals surface area contributed by atoms with Gasteiger partial charge in [-0.25, -0.2) is 0 Å². The molecule has 5 rings (SSSR count). The molecule has 15 nitrogen and oxygen atoms in total. The summed E-state index contributed by atoms with van der Waals surface area (Å²) in [5, 5.41) is 72.6. The fourth-order valence-electron chi connectivity index (χ4n) is 5.06. The summed E-state index contributed by atoms with van der Waals surface area (Å²) in [4.78, 5) is 13.0. The van der Waals surface area contributed by atoms with Crippen LogP contribution in [0.15, 0.2) is 45.6 Å². The predicted molar refractivity (Wildman–Crippen MR) is 148 cm³/mol. The van der Waals surface area contributed by atoms with Gasteiger partial charge in [0.25, 0.3) is 0 Å². The zero-order valence-corrected chi connectivity index (χ0v) is 23.8. The van der Waals surface area contributed by atoms with Crippen LogP contribution in [0.5, 0.6) is 23.0 Å². The van der Waals surface area contributed by atoms with E-state index in [0.29, 0.717) is 11.3 Å². The van der Waals surface area contributed by atoms with E-state index in [9.17, 15) is 40.5 Å². The summed E-state index contributed by atoms with van der Waals surface area (Å²) in [5.41, 5.74) is -0.138. The van der Waals surface area contributed by atoms with Crippen molar-refractivity contribution in [1.82, 2.24) is 0 Å². The highest BCUT2D eigenvalue weighted by Gasteiger charge is 2.47. The minimum atomic E-state index is -1.81. The normalized spacial score (nSPS) is 32.4. The van der Waals surface area contributed by atoms with Crippen LogP contribution in [0.2, 0.25) is 0 Å². The van der Waals surface area contributed by atoms with Crippen LogP contribution in [-0.4, -0.2) is 118 Å². The molecule has 2 unspecified atom stereocenters. The van der Waals surface area contributed by atoms with Crippen LogP contribution in [0.1, 0.15) is 6.92 Å². The van der Waals surface area contributed by atoms with Crippen molar-refractivity contribution in [3.05, 3.63) is 46.6 Å². The maximum atomic E-state index is 13.0. The van der Waals surface area contributed by atoms with Crippen molar-refractivity contribution in [2.24, 2.45) is 0 Å². The Morgan fingerprint density at radius 2 is 1.45 bits per heavy atom. The molecule has 0 saturated carbocycles. The molecule has 2 saturated heterocycles. The third-order valence-corrected chi connectivity index (χ3v) is 7.64. The first-order valence-electron chi connectivity index (χ1n) is 13.6. The standard InChI is InChI=1S/C29H34O15/c1-11-20(31)23(34)25(36)28(41-11)40-10-18-21(32)24(35)26(37)29(44-18)43-17-9-16-19(22(33)27(17)39-3)14(30)8-15(42-16)12-4-6-13(38-2)7-5-12/h4-9,11,18,20-21,23-26,28-29,31-37H,10H2,1-3H3/t11-,18+,20-,21+,23?,24-,25+,26+,28-,29?/m0/s1. The Bertz CT molecular complexity index is 1510. The molecule has 3 heterocycles. The zero-order chi connectivity index (χ0) is 31.9. The molecule has 44 heavy (non-hydrogen) atoms. The van der Waals surface area contributed by atoms with E-state index in [1.54, 1.807) is 24.3 Å². The van der Waals surface area contributed by atoms with E-state index >= 15 is 0 Å². The van der Waals surface area contributed by atoms with Crippen molar-refractivity contribution in [3.63, 3.8) is 0 Å². The number of methoxy groups -OCH3 is 2. The molecule has 10 atom stereocenters. The Balaban J connectivity index is 1.41. The average molecular weight is 623 g/mol. The molecule has 7 N–H and O–H groups in total. The predicted octanol–water partition coefficient (Wildman–Crippen LogP) is -0.787. The van der Waals surface area contributed by atoms with Crippen LogP contribution < -0.4 is 19.6 Å². The first kappa shape index (κ1) is 31.9. The smallest absolute Gasteiger partial charge is 0.229 e. The van der Waals surface area contributed by atoms with Crippen molar-refractivity contribution in [3.8, 4) is 34.3 Å². The second kappa shape index (κ2) is 12.8. The number of hydrogen-bond acceptors (Lipinski definition) is 15. The van der Waals surface area contributed by atoms with Crippen molar-refractivity contribution < 1.29 is 68.6 Å². The fourth-order valence-corrected chi connectivity index (χ4v) is 5.06. The van der Waals surface area contributed by atoms with E-state index in [-0.39, 0.29) is 28.2 Å². The van der Waals surface area contributed by atoms with Gasteiger partial charge in [-0.2, -0.15) is 0 Å². The molecule has 3 aromatic rings. The molecule has 0 spiro atoms. The Morgan fingerprint density at radius 1 is 0.795 bits per heavy atom. The number of phenolic OH excluding ortho intramolecular Hbond substituents is 1. The van der Waals surface area contributed by atoms with E-state index in [0.717, 1.165) is 0 Å². The Hall–Kier alpha value is -3.51. The first-order chi connectivity index (χ1) is 20.9. The molecule has 240 valence electrons. The lowest BCUT2D eigenvalue weighted by Crippen LogP contribution is -2.61.